The van der Waals surface area contributed by atoms with E-state index in [1.807, 2.05) is 60.7 Å². The van der Waals surface area contributed by atoms with Gasteiger partial charge >= 0.3 is 11.9 Å². The fourth-order valence-electron chi connectivity index (χ4n) is 12.5. The second-order valence-electron chi connectivity index (χ2n) is 19.9. The number of benzene rings is 12. The number of rotatable bonds is 10. The molecule has 0 aromatic heterocycles. The summed E-state index contributed by atoms with van der Waals surface area (Å²) in [7, 11) is 2.76. The third-order valence-electron chi connectivity index (χ3n) is 15.7. The molecule has 0 heterocycles. The van der Waals surface area contributed by atoms with Crippen molar-refractivity contribution in [3.8, 4) is 89.0 Å². The Morgan fingerprint density at radius 2 is 0.449 bits per heavy atom. The van der Waals surface area contributed by atoms with Gasteiger partial charge in [-0.15, -0.1) is 0 Å². The van der Waals surface area contributed by atoms with Gasteiger partial charge < -0.3 is 9.47 Å². The maximum atomic E-state index is 14.7. The van der Waals surface area contributed by atoms with E-state index in [0.29, 0.717) is 24.0 Å². The Morgan fingerprint density at radius 1 is 0.256 bits per heavy atom. The van der Waals surface area contributed by atoms with E-state index in [1.165, 1.54) is 14.2 Å². The molecule has 4 heteroatoms. The highest BCUT2D eigenvalue weighted by Gasteiger charge is 2.37. The van der Waals surface area contributed by atoms with E-state index in [0.717, 1.165) is 122 Å². The lowest BCUT2D eigenvalue weighted by molar-refractivity contribution is 0.0556. The Morgan fingerprint density at radius 3 is 0.692 bits per heavy atom. The fourth-order valence-corrected chi connectivity index (χ4v) is 12.5. The van der Waals surface area contributed by atoms with Crippen molar-refractivity contribution in [2.75, 3.05) is 14.2 Å². The second-order valence-corrected chi connectivity index (χ2v) is 19.9. The minimum atomic E-state index is -0.606. The predicted octanol–water partition coefficient (Wildman–Crippen LogP) is 18.4. The third-order valence-corrected chi connectivity index (χ3v) is 15.7. The van der Waals surface area contributed by atoms with E-state index in [1.54, 1.807) is 0 Å². The summed E-state index contributed by atoms with van der Waals surface area (Å²) < 4.78 is 11.3. The van der Waals surface area contributed by atoms with Crippen LogP contribution in [0.4, 0.5) is 0 Å². The van der Waals surface area contributed by atoms with Crippen molar-refractivity contribution in [3.63, 3.8) is 0 Å². The van der Waals surface area contributed by atoms with Crippen LogP contribution >= 0.6 is 0 Å². The number of fused-ring (bicyclic) bond motifs is 4. The molecule has 4 nitrogen and oxygen atoms in total. The molecule has 0 fully saturated rings. The second kappa shape index (κ2) is 20.3. The molecule has 0 saturated carbocycles. The van der Waals surface area contributed by atoms with Crippen LogP contribution in [0.15, 0.2) is 255 Å². The lowest BCUT2D eigenvalue weighted by Crippen LogP contribution is -2.22. The topological polar surface area (TPSA) is 52.6 Å². The molecular formula is C74H52O4. The summed E-state index contributed by atoms with van der Waals surface area (Å²) in [5, 5.41) is 4.48. The number of hydrogen-bond acceptors (Lipinski definition) is 4. The first-order valence-corrected chi connectivity index (χ1v) is 26.5. The molecule has 78 heavy (non-hydrogen) atoms. The van der Waals surface area contributed by atoms with Crippen LogP contribution in [0.5, 0.6) is 0 Å². The Labute approximate surface area is 454 Å². The van der Waals surface area contributed by atoms with E-state index >= 15 is 0 Å². The van der Waals surface area contributed by atoms with Crippen LogP contribution in [0.3, 0.4) is 0 Å². The van der Waals surface area contributed by atoms with Crippen molar-refractivity contribution in [2.45, 2.75) is 12.8 Å². The third kappa shape index (κ3) is 8.09. The molecule has 0 radical (unpaired) electrons. The lowest BCUT2D eigenvalue weighted by Gasteiger charge is -2.33. The predicted molar refractivity (Wildman–Crippen MR) is 320 cm³/mol. The van der Waals surface area contributed by atoms with Crippen LogP contribution < -0.4 is 0 Å². The van der Waals surface area contributed by atoms with Gasteiger partial charge in [-0.2, -0.15) is 0 Å². The standard InChI is InChI=1S/C74H52O4/c1-77-73(75)71-67(51-35-19-7-20-36-51)61-45-57-58(46-62(61)68(72(71)74(76)78-2)52-37-21-8-22-38-52)64(48-29-13-4-14-30-48)56-44-60-59(43-55(56)63(57)47-27-11-3-12-28-47)65(49-31-15-5-16-32-49)69(53-39-23-9-24-40-53)70(54-41-25-10-26-42-54)66(60)50-33-17-6-18-34-50/h3-44H,45-46H2,1-2H3. The van der Waals surface area contributed by atoms with Gasteiger partial charge in [0.05, 0.1) is 25.3 Å². The summed E-state index contributed by atoms with van der Waals surface area (Å²) >= 11 is 0. The molecule has 1 aliphatic carbocycles. The Balaban J connectivity index is 1.28. The van der Waals surface area contributed by atoms with Gasteiger partial charge in [-0.3, -0.25) is 0 Å². The smallest absolute Gasteiger partial charge is 0.339 e. The molecular weight excluding hydrogens is 953 g/mol. The van der Waals surface area contributed by atoms with E-state index in [9.17, 15) is 9.59 Å². The molecule has 0 amide bonds. The number of carbonyl (C=O) groups is 2. The first-order valence-electron chi connectivity index (χ1n) is 26.5. The first kappa shape index (κ1) is 47.8. The van der Waals surface area contributed by atoms with Crippen LogP contribution in [0.1, 0.15) is 43.0 Å². The van der Waals surface area contributed by atoms with Crippen LogP contribution in [-0.4, -0.2) is 26.2 Å². The summed E-state index contributed by atoms with van der Waals surface area (Å²) in [5.74, 6) is -1.21. The highest BCUT2D eigenvalue weighted by atomic mass is 16.5. The van der Waals surface area contributed by atoms with Gasteiger partial charge in [0.15, 0.2) is 0 Å². The van der Waals surface area contributed by atoms with Crippen molar-refractivity contribution in [2.24, 2.45) is 0 Å². The summed E-state index contributed by atoms with van der Waals surface area (Å²) in [4.78, 5) is 29.4. The highest BCUT2D eigenvalue weighted by Crippen LogP contribution is 2.56. The van der Waals surface area contributed by atoms with Gasteiger partial charge in [-0.05, 0) is 147 Å². The number of hydrogen-bond donors (Lipinski definition) is 0. The van der Waals surface area contributed by atoms with E-state index in [4.69, 9.17) is 9.47 Å². The van der Waals surface area contributed by atoms with Crippen molar-refractivity contribution < 1.29 is 19.1 Å². The molecule has 12 aromatic rings. The highest BCUT2D eigenvalue weighted by molar-refractivity contribution is 6.24. The molecule has 0 saturated heterocycles. The van der Waals surface area contributed by atoms with Crippen LogP contribution in [0, 0.1) is 0 Å². The largest absolute Gasteiger partial charge is 0.465 e. The number of carbonyl (C=O) groups excluding carboxylic acids is 2. The zero-order valence-corrected chi connectivity index (χ0v) is 43.3. The SMILES string of the molecule is COC(=O)c1c(C(=O)OC)c(-c2ccccc2)c2c(c1-c1ccccc1)Cc1c(c(-c3ccccc3)c3cc4c(-c5ccccc5)c(-c5ccccc5)c(-c5ccccc5)c(-c5ccccc5)c4cc3c1-c1ccccc1)C2. The average molecular weight is 1010 g/mol. The summed E-state index contributed by atoms with van der Waals surface area (Å²) in [6.07, 6.45) is 0.891. The average Bonchev–Trinajstić information content (AvgIpc) is 3.70. The quantitative estimate of drug-likeness (QED) is 0.101. The molecule has 0 spiro atoms. The monoisotopic (exact) mass is 1000 g/mol. The molecule has 0 bridgehead atoms. The number of ether oxygens (including phenoxy) is 2. The molecule has 372 valence electrons. The van der Waals surface area contributed by atoms with Gasteiger partial charge in [0.25, 0.3) is 0 Å². The lowest BCUT2D eigenvalue weighted by atomic mass is 9.70. The van der Waals surface area contributed by atoms with Crippen molar-refractivity contribution >= 4 is 33.5 Å². The maximum absolute atomic E-state index is 14.7. The van der Waals surface area contributed by atoms with Gasteiger partial charge in [-0.25, -0.2) is 9.59 Å². The minimum Gasteiger partial charge on any atom is -0.465 e. The van der Waals surface area contributed by atoms with Gasteiger partial charge in [0, 0.05) is 11.1 Å². The summed E-state index contributed by atoms with van der Waals surface area (Å²) in [5.41, 5.74) is 21.1. The Hall–Kier alpha value is -9.90. The zero-order chi connectivity index (χ0) is 52.7. The maximum Gasteiger partial charge on any atom is 0.339 e. The van der Waals surface area contributed by atoms with Crippen molar-refractivity contribution in [1.29, 1.82) is 0 Å². The van der Waals surface area contributed by atoms with Gasteiger partial charge in [-0.1, -0.05) is 243 Å². The van der Waals surface area contributed by atoms with Crippen molar-refractivity contribution in [3.05, 3.63) is 288 Å². The summed E-state index contributed by atoms with van der Waals surface area (Å²) in [6.45, 7) is 0. The first-order chi connectivity index (χ1) is 38.5. The van der Waals surface area contributed by atoms with Crippen LogP contribution in [-0.2, 0) is 22.3 Å². The number of methoxy groups -OCH3 is 2. The van der Waals surface area contributed by atoms with E-state index < -0.39 is 11.9 Å². The van der Waals surface area contributed by atoms with Gasteiger partial charge in [0.2, 0.25) is 0 Å². The van der Waals surface area contributed by atoms with Crippen molar-refractivity contribution in [1.82, 2.24) is 0 Å². The normalized spacial score (nSPS) is 11.7. The van der Waals surface area contributed by atoms with Gasteiger partial charge in [0.1, 0.15) is 0 Å². The molecule has 0 aliphatic heterocycles. The van der Waals surface area contributed by atoms with Crippen LogP contribution in [0.25, 0.3) is 111 Å². The molecule has 0 unspecified atom stereocenters. The van der Waals surface area contributed by atoms with E-state index in [-0.39, 0.29) is 11.1 Å². The van der Waals surface area contributed by atoms with E-state index in [2.05, 4.69) is 194 Å². The molecule has 0 N–H and O–H groups in total. The molecule has 12 aromatic carbocycles. The molecule has 0 atom stereocenters. The fraction of sp³-hybridized carbons (Fsp3) is 0.0541. The zero-order valence-electron chi connectivity index (χ0n) is 43.3. The minimum absolute atomic E-state index is 0.191. The Kier molecular flexibility index (Phi) is 12.5. The number of esters is 2. The Bertz CT molecular complexity index is 3960. The molecule has 13 rings (SSSR count). The summed E-state index contributed by atoms with van der Waals surface area (Å²) in [6, 6.07) is 89.9. The molecule has 1 aliphatic rings. The van der Waals surface area contributed by atoms with Crippen LogP contribution in [0.2, 0.25) is 0 Å².